The first-order valence-corrected chi connectivity index (χ1v) is 4.07. The molecule has 0 radical (unpaired) electrons. The van der Waals surface area contributed by atoms with Crippen LogP contribution in [0.1, 0.15) is 29.5 Å². The van der Waals surface area contributed by atoms with Gasteiger partial charge in [0.25, 0.3) is 5.91 Å². The van der Waals surface area contributed by atoms with Gasteiger partial charge in [-0.15, -0.1) is 0 Å². The van der Waals surface area contributed by atoms with Gasteiger partial charge in [-0.2, -0.15) is 0 Å². The van der Waals surface area contributed by atoms with E-state index in [4.69, 9.17) is 10.2 Å². The summed E-state index contributed by atoms with van der Waals surface area (Å²) in [5.74, 6) is -0.347. The fraction of sp³-hybridized carbons (Fsp3) is 0.333. The summed E-state index contributed by atoms with van der Waals surface area (Å²) in [5.41, 5.74) is 4.65. The number of hydrogen-bond donors (Lipinski definition) is 1. The Bertz CT molecular complexity index is 367. The fourth-order valence-corrected chi connectivity index (χ4v) is 1.13. The molecule has 1 heterocycles. The van der Waals surface area contributed by atoms with Crippen LogP contribution in [-0.2, 0) is 6.42 Å². The van der Waals surface area contributed by atoms with Gasteiger partial charge in [-0.25, -0.2) is 0 Å². The van der Waals surface area contributed by atoms with Gasteiger partial charge < -0.3 is 10.2 Å². The quantitative estimate of drug-likeness (QED) is 0.745. The van der Waals surface area contributed by atoms with Crippen LogP contribution in [0, 0.1) is 0 Å². The molecule has 1 aromatic heterocycles. The standard InChI is InChI=1S/C9H11NO3/c1-2-3-7-8(9(10)12)6(11)4-5-13-7/h4-5H,2-3H2,1H3,(H2,10,12). The Kier molecular flexibility index (Phi) is 2.84. The Hall–Kier alpha value is -1.58. The van der Waals surface area contributed by atoms with Gasteiger partial charge in [0, 0.05) is 12.5 Å². The predicted molar refractivity (Wildman–Crippen MR) is 47.5 cm³/mol. The second-order valence-corrected chi connectivity index (χ2v) is 2.70. The molecule has 0 saturated heterocycles. The summed E-state index contributed by atoms with van der Waals surface area (Å²) in [4.78, 5) is 22.1. The molecular formula is C9H11NO3. The Morgan fingerprint density at radius 1 is 1.62 bits per heavy atom. The third-order valence-electron chi connectivity index (χ3n) is 1.68. The molecule has 0 aliphatic carbocycles. The number of nitrogens with two attached hydrogens (primary N) is 1. The van der Waals surface area contributed by atoms with Gasteiger partial charge in [0.15, 0.2) is 5.43 Å². The lowest BCUT2D eigenvalue weighted by molar-refractivity contribution is 0.0995. The lowest BCUT2D eigenvalue weighted by atomic mass is 10.1. The second-order valence-electron chi connectivity index (χ2n) is 2.70. The van der Waals surface area contributed by atoms with Crippen molar-refractivity contribution in [2.45, 2.75) is 19.8 Å². The highest BCUT2D eigenvalue weighted by Crippen LogP contribution is 2.05. The van der Waals surface area contributed by atoms with Crippen LogP contribution in [-0.4, -0.2) is 5.91 Å². The molecule has 0 unspecified atom stereocenters. The van der Waals surface area contributed by atoms with Gasteiger partial charge in [0.2, 0.25) is 0 Å². The highest BCUT2D eigenvalue weighted by Gasteiger charge is 2.13. The predicted octanol–water partition coefficient (Wildman–Crippen LogP) is 0.691. The van der Waals surface area contributed by atoms with Crippen LogP contribution in [0.15, 0.2) is 21.5 Å². The summed E-state index contributed by atoms with van der Waals surface area (Å²) in [6, 6.07) is 1.19. The van der Waals surface area contributed by atoms with Crippen molar-refractivity contribution in [1.82, 2.24) is 0 Å². The van der Waals surface area contributed by atoms with Crippen LogP contribution < -0.4 is 11.2 Å². The van der Waals surface area contributed by atoms with Crippen molar-refractivity contribution in [3.8, 4) is 0 Å². The van der Waals surface area contributed by atoms with E-state index in [1.54, 1.807) is 0 Å². The summed E-state index contributed by atoms with van der Waals surface area (Å²) in [6.07, 6.45) is 2.63. The lowest BCUT2D eigenvalue weighted by Crippen LogP contribution is -2.23. The van der Waals surface area contributed by atoms with Crippen molar-refractivity contribution in [3.05, 3.63) is 33.9 Å². The first-order chi connectivity index (χ1) is 6.16. The van der Waals surface area contributed by atoms with Gasteiger partial charge in [-0.05, 0) is 6.42 Å². The third kappa shape index (κ3) is 1.96. The van der Waals surface area contributed by atoms with E-state index >= 15 is 0 Å². The number of aryl methyl sites for hydroxylation is 1. The molecule has 70 valence electrons. The van der Waals surface area contributed by atoms with Crippen molar-refractivity contribution in [1.29, 1.82) is 0 Å². The summed E-state index contributed by atoms with van der Waals surface area (Å²) in [5, 5.41) is 0. The molecular weight excluding hydrogens is 170 g/mol. The zero-order chi connectivity index (χ0) is 9.84. The monoisotopic (exact) mass is 181 g/mol. The Morgan fingerprint density at radius 3 is 2.85 bits per heavy atom. The van der Waals surface area contributed by atoms with Crippen LogP contribution in [0.4, 0.5) is 0 Å². The molecule has 4 heteroatoms. The summed E-state index contributed by atoms with van der Waals surface area (Å²) in [6.45, 7) is 1.93. The van der Waals surface area contributed by atoms with Crippen LogP contribution in [0.3, 0.4) is 0 Å². The fourth-order valence-electron chi connectivity index (χ4n) is 1.13. The van der Waals surface area contributed by atoms with Gasteiger partial charge in [0.1, 0.15) is 11.3 Å². The number of amides is 1. The maximum absolute atomic E-state index is 11.2. The van der Waals surface area contributed by atoms with E-state index in [-0.39, 0.29) is 11.0 Å². The molecule has 0 aliphatic heterocycles. The molecule has 0 spiro atoms. The molecule has 0 atom stereocenters. The maximum Gasteiger partial charge on any atom is 0.256 e. The summed E-state index contributed by atoms with van der Waals surface area (Å²) in [7, 11) is 0. The van der Waals surface area contributed by atoms with E-state index in [9.17, 15) is 9.59 Å². The van der Waals surface area contributed by atoms with Crippen LogP contribution in [0.25, 0.3) is 0 Å². The van der Waals surface area contributed by atoms with Crippen LogP contribution >= 0.6 is 0 Å². The van der Waals surface area contributed by atoms with Gasteiger partial charge in [-0.1, -0.05) is 6.92 Å². The molecule has 1 aromatic rings. The molecule has 0 saturated carbocycles. The maximum atomic E-state index is 11.2. The minimum atomic E-state index is -0.724. The van der Waals surface area contributed by atoms with Crippen molar-refractivity contribution in [2.24, 2.45) is 5.73 Å². The highest BCUT2D eigenvalue weighted by atomic mass is 16.3. The average molecular weight is 181 g/mol. The van der Waals surface area contributed by atoms with E-state index in [2.05, 4.69) is 0 Å². The van der Waals surface area contributed by atoms with Crippen LogP contribution in [0.2, 0.25) is 0 Å². The van der Waals surface area contributed by atoms with Gasteiger partial charge in [-0.3, -0.25) is 9.59 Å². The molecule has 0 aromatic carbocycles. The van der Waals surface area contributed by atoms with E-state index in [1.165, 1.54) is 12.3 Å². The van der Waals surface area contributed by atoms with Crippen molar-refractivity contribution in [3.63, 3.8) is 0 Å². The van der Waals surface area contributed by atoms with Gasteiger partial charge >= 0.3 is 0 Å². The third-order valence-corrected chi connectivity index (χ3v) is 1.68. The smallest absolute Gasteiger partial charge is 0.256 e. The van der Waals surface area contributed by atoms with Crippen molar-refractivity contribution in [2.75, 3.05) is 0 Å². The molecule has 2 N–H and O–H groups in total. The molecule has 4 nitrogen and oxygen atoms in total. The van der Waals surface area contributed by atoms with Crippen molar-refractivity contribution >= 4 is 5.91 Å². The minimum Gasteiger partial charge on any atom is -0.468 e. The van der Waals surface area contributed by atoms with Crippen molar-refractivity contribution < 1.29 is 9.21 Å². The number of carbonyl (C=O) groups excluding carboxylic acids is 1. The summed E-state index contributed by atoms with van der Waals surface area (Å²) < 4.78 is 5.04. The Morgan fingerprint density at radius 2 is 2.31 bits per heavy atom. The first-order valence-electron chi connectivity index (χ1n) is 4.07. The summed E-state index contributed by atoms with van der Waals surface area (Å²) >= 11 is 0. The van der Waals surface area contributed by atoms with E-state index < -0.39 is 5.91 Å². The second kappa shape index (κ2) is 3.89. The normalized spacial score (nSPS) is 9.92. The number of carbonyl (C=O) groups is 1. The highest BCUT2D eigenvalue weighted by molar-refractivity contribution is 5.93. The average Bonchev–Trinajstić information content (AvgIpc) is 2.04. The SMILES string of the molecule is CCCc1occc(=O)c1C(N)=O. The number of hydrogen-bond acceptors (Lipinski definition) is 3. The van der Waals surface area contributed by atoms with Gasteiger partial charge in [0.05, 0.1) is 6.26 Å². The molecule has 13 heavy (non-hydrogen) atoms. The van der Waals surface area contributed by atoms with E-state index in [0.717, 1.165) is 6.42 Å². The Balaban J connectivity index is 3.26. The molecule has 1 amide bonds. The molecule has 0 aliphatic rings. The zero-order valence-corrected chi connectivity index (χ0v) is 7.37. The number of primary amides is 1. The topological polar surface area (TPSA) is 73.3 Å². The van der Waals surface area contributed by atoms with E-state index in [1.807, 2.05) is 6.92 Å². The van der Waals surface area contributed by atoms with Crippen LogP contribution in [0.5, 0.6) is 0 Å². The molecule has 0 fully saturated rings. The largest absolute Gasteiger partial charge is 0.468 e. The lowest BCUT2D eigenvalue weighted by Gasteiger charge is -2.01. The molecule has 1 rings (SSSR count). The zero-order valence-electron chi connectivity index (χ0n) is 7.37. The number of rotatable bonds is 3. The van der Waals surface area contributed by atoms with E-state index in [0.29, 0.717) is 12.2 Å². The first kappa shape index (κ1) is 9.51. The Labute approximate surface area is 75.4 Å². The molecule has 0 bridgehead atoms. The minimum absolute atomic E-state index is 0.0237.